The van der Waals surface area contributed by atoms with Crippen LogP contribution in [0.2, 0.25) is 0 Å². The lowest BCUT2D eigenvalue weighted by Crippen LogP contribution is -1.90. The fourth-order valence-electron chi connectivity index (χ4n) is 1.39. The molecule has 0 atom stereocenters. The third-order valence-electron chi connectivity index (χ3n) is 2.09. The molecule has 12 heavy (non-hydrogen) atoms. The minimum atomic E-state index is 0.868. The van der Waals surface area contributed by atoms with E-state index in [0.717, 1.165) is 18.6 Å². The minimum Gasteiger partial charge on any atom is -0.0941 e. The van der Waals surface area contributed by atoms with Crippen molar-refractivity contribution >= 4 is 12.6 Å². The van der Waals surface area contributed by atoms with Crippen LogP contribution < -0.4 is 0 Å². The first kappa shape index (κ1) is 9.66. The Hall–Kier alpha value is -0.430. The van der Waals surface area contributed by atoms with E-state index >= 15 is 0 Å². The predicted molar refractivity (Wildman–Crippen MR) is 56.7 cm³/mol. The molecule has 0 heterocycles. The van der Waals surface area contributed by atoms with Gasteiger partial charge in [-0.1, -0.05) is 36.4 Å². The fraction of sp³-hybridized carbons (Fsp3) is 0.455. The van der Waals surface area contributed by atoms with Crippen LogP contribution in [0.1, 0.15) is 23.1 Å². The first-order valence-corrected chi connectivity index (χ1v) is 4.96. The van der Waals surface area contributed by atoms with Crippen molar-refractivity contribution in [1.82, 2.24) is 0 Å². The summed E-state index contributed by atoms with van der Waals surface area (Å²) in [6, 6.07) is 6.63. The molecule has 1 aromatic rings. The number of rotatable bonds is 3. The van der Waals surface area contributed by atoms with Gasteiger partial charge in [0.2, 0.25) is 0 Å². The molecule has 0 nitrogen and oxygen atoms in total. The fourth-order valence-corrected chi connectivity index (χ4v) is 1.53. The van der Waals surface area contributed by atoms with Crippen LogP contribution in [0, 0.1) is 13.8 Å². The molecular formula is C11H15S. The Kier molecular flexibility index (Phi) is 3.67. The highest BCUT2D eigenvalue weighted by molar-refractivity contribution is 7.80. The van der Waals surface area contributed by atoms with E-state index in [2.05, 4.69) is 32.0 Å². The second kappa shape index (κ2) is 4.56. The van der Waals surface area contributed by atoms with Crippen molar-refractivity contribution in [2.24, 2.45) is 0 Å². The summed E-state index contributed by atoms with van der Waals surface area (Å²) in [4.78, 5) is 0. The average molecular weight is 179 g/mol. The molecular weight excluding hydrogens is 164 g/mol. The Morgan fingerprint density at radius 3 is 2.58 bits per heavy atom. The molecule has 0 aliphatic heterocycles. The topological polar surface area (TPSA) is 0 Å². The van der Waals surface area contributed by atoms with Crippen LogP contribution in [-0.2, 0) is 6.42 Å². The van der Waals surface area contributed by atoms with Gasteiger partial charge in [-0.25, -0.2) is 0 Å². The predicted octanol–water partition coefficient (Wildman–Crippen LogP) is 3.43. The molecule has 0 fully saturated rings. The standard InChI is InChI=1S/C11H15S/c1-9-5-6-11(4-3-7-12)10(2)8-9/h5-6,8H,3-4,7H2,1-2H3. The van der Waals surface area contributed by atoms with Crippen LogP contribution in [0.4, 0.5) is 0 Å². The van der Waals surface area contributed by atoms with Gasteiger partial charge in [0.15, 0.2) is 0 Å². The van der Waals surface area contributed by atoms with Gasteiger partial charge < -0.3 is 0 Å². The largest absolute Gasteiger partial charge is 0.0941 e. The summed E-state index contributed by atoms with van der Waals surface area (Å²) < 4.78 is 0. The Bertz CT molecular complexity index is 253. The first-order valence-electron chi connectivity index (χ1n) is 4.38. The summed E-state index contributed by atoms with van der Waals surface area (Å²) in [7, 11) is 0. The Balaban J connectivity index is 2.72. The molecule has 0 aliphatic rings. The van der Waals surface area contributed by atoms with Gasteiger partial charge in [0.25, 0.3) is 0 Å². The van der Waals surface area contributed by atoms with Crippen molar-refractivity contribution in [3.8, 4) is 0 Å². The highest BCUT2D eigenvalue weighted by atomic mass is 32.1. The van der Waals surface area contributed by atoms with Crippen LogP contribution in [-0.4, -0.2) is 5.75 Å². The van der Waals surface area contributed by atoms with E-state index in [1.807, 2.05) is 0 Å². The van der Waals surface area contributed by atoms with Crippen LogP contribution >= 0.6 is 12.6 Å². The van der Waals surface area contributed by atoms with E-state index < -0.39 is 0 Å². The summed E-state index contributed by atoms with van der Waals surface area (Å²) in [5.41, 5.74) is 4.19. The molecule has 0 aromatic heterocycles. The second-order valence-electron chi connectivity index (χ2n) is 3.24. The van der Waals surface area contributed by atoms with Gasteiger partial charge in [0.1, 0.15) is 0 Å². The maximum atomic E-state index is 4.92. The van der Waals surface area contributed by atoms with Crippen molar-refractivity contribution < 1.29 is 0 Å². The normalized spacial score (nSPS) is 10.2. The average Bonchev–Trinajstić information content (AvgIpc) is 2.03. The van der Waals surface area contributed by atoms with Crippen LogP contribution in [0.3, 0.4) is 0 Å². The van der Waals surface area contributed by atoms with Crippen LogP contribution in [0.5, 0.6) is 0 Å². The zero-order valence-corrected chi connectivity index (χ0v) is 8.58. The van der Waals surface area contributed by atoms with Crippen molar-refractivity contribution in [2.45, 2.75) is 26.7 Å². The van der Waals surface area contributed by atoms with Gasteiger partial charge in [-0.15, -0.1) is 0 Å². The molecule has 0 spiro atoms. The van der Waals surface area contributed by atoms with Crippen molar-refractivity contribution in [2.75, 3.05) is 5.75 Å². The minimum absolute atomic E-state index is 0.868. The molecule has 0 saturated heterocycles. The summed E-state index contributed by atoms with van der Waals surface area (Å²) in [6.45, 7) is 4.30. The molecule has 0 unspecified atom stereocenters. The quantitative estimate of drug-likeness (QED) is 0.667. The molecule has 1 aromatic carbocycles. The van der Waals surface area contributed by atoms with Gasteiger partial charge in [0, 0.05) is 5.75 Å². The molecule has 0 aliphatic carbocycles. The summed E-state index contributed by atoms with van der Waals surface area (Å²) >= 11 is 4.92. The second-order valence-corrected chi connectivity index (χ2v) is 3.65. The van der Waals surface area contributed by atoms with E-state index in [9.17, 15) is 0 Å². The van der Waals surface area contributed by atoms with Crippen molar-refractivity contribution in [3.05, 3.63) is 34.9 Å². The molecule has 65 valence electrons. The molecule has 0 bridgehead atoms. The van der Waals surface area contributed by atoms with Gasteiger partial charge in [0.05, 0.1) is 0 Å². The number of benzene rings is 1. The Labute approximate surface area is 80.4 Å². The van der Waals surface area contributed by atoms with Gasteiger partial charge in [-0.2, -0.15) is 0 Å². The lowest BCUT2D eigenvalue weighted by molar-refractivity contribution is 0.925. The third-order valence-corrected chi connectivity index (χ3v) is 2.38. The summed E-state index contributed by atoms with van der Waals surface area (Å²) in [6.07, 6.45) is 2.26. The SMILES string of the molecule is Cc1ccc(CCC[S])c(C)c1. The molecule has 1 radical (unpaired) electrons. The summed E-state index contributed by atoms with van der Waals surface area (Å²) in [5, 5.41) is 0. The van der Waals surface area contributed by atoms with E-state index in [1.54, 1.807) is 0 Å². The van der Waals surface area contributed by atoms with Gasteiger partial charge in [-0.05, 0) is 37.8 Å². The Morgan fingerprint density at radius 1 is 1.25 bits per heavy atom. The Morgan fingerprint density at radius 2 is 2.00 bits per heavy atom. The third kappa shape index (κ3) is 2.56. The van der Waals surface area contributed by atoms with E-state index in [4.69, 9.17) is 12.6 Å². The zero-order valence-electron chi connectivity index (χ0n) is 7.76. The van der Waals surface area contributed by atoms with E-state index in [1.165, 1.54) is 16.7 Å². The van der Waals surface area contributed by atoms with E-state index in [-0.39, 0.29) is 0 Å². The highest BCUT2D eigenvalue weighted by Gasteiger charge is 1.96. The number of aryl methyl sites for hydroxylation is 3. The smallest absolute Gasteiger partial charge is 0.00401 e. The lowest BCUT2D eigenvalue weighted by atomic mass is 10.0. The van der Waals surface area contributed by atoms with Crippen LogP contribution in [0.15, 0.2) is 18.2 Å². The molecule has 0 amide bonds. The number of hydrogen-bond donors (Lipinski definition) is 0. The van der Waals surface area contributed by atoms with Gasteiger partial charge in [-0.3, -0.25) is 0 Å². The summed E-state index contributed by atoms with van der Waals surface area (Å²) in [5.74, 6) is 0.868. The van der Waals surface area contributed by atoms with Crippen molar-refractivity contribution in [3.63, 3.8) is 0 Å². The maximum Gasteiger partial charge on any atom is 0.00401 e. The molecule has 1 rings (SSSR count). The van der Waals surface area contributed by atoms with Gasteiger partial charge >= 0.3 is 0 Å². The monoisotopic (exact) mass is 179 g/mol. The van der Waals surface area contributed by atoms with Crippen LogP contribution in [0.25, 0.3) is 0 Å². The molecule has 0 N–H and O–H groups in total. The molecule has 1 heteroatoms. The first-order chi connectivity index (χ1) is 5.74. The molecule has 0 saturated carbocycles. The zero-order chi connectivity index (χ0) is 8.97. The van der Waals surface area contributed by atoms with E-state index in [0.29, 0.717) is 0 Å². The van der Waals surface area contributed by atoms with Crippen molar-refractivity contribution in [1.29, 1.82) is 0 Å². The highest BCUT2D eigenvalue weighted by Crippen LogP contribution is 2.12. The maximum absolute atomic E-state index is 4.92. The lowest BCUT2D eigenvalue weighted by Gasteiger charge is -2.04. The number of hydrogen-bond acceptors (Lipinski definition) is 0.